The lowest BCUT2D eigenvalue weighted by molar-refractivity contribution is 0.244. The van der Waals surface area contributed by atoms with Gasteiger partial charge in [0.1, 0.15) is 0 Å². The van der Waals surface area contributed by atoms with E-state index in [1.165, 1.54) is 6.20 Å². The van der Waals surface area contributed by atoms with Crippen molar-refractivity contribution < 1.29 is 4.79 Å². The smallest absolute Gasteiger partial charge is 0.320 e. The normalized spacial score (nSPS) is 22.4. The summed E-state index contributed by atoms with van der Waals surface area (Å²) in [6, 6.07) is 11.6. The molecule has 1 aliphatic rings. The van der Waals surface area contributed by atoms with Gasteiger partial charge in [-0.05, 0) is 23.5 Å². The van der Waals surface area contributed by atoms with Crippen LogP contribution >= 0.6 is 0 Å². The van der Waals surface area contributed by atoms with E-state index in [4.69, 9.17) is 0 Å². The molecule has 1 saturated carbocycles. The molecule has 2 N–H and O–H groups in total. The van der Waals surface area contributed by atoms with Crippen molar-refractivity contribution in [3.05, 3.63) is 54.4 Å². The lowest BCUT2D eigenvalue weighted by Gasteiger charge is -2.23. The van der Waals surface area contributed by atoms with Gasteiger partial charge in [-0.1, -0.05) is 44.2 Å². The van der Waals surface area contributed by atoms with E-state index in [2.05, 4.69) is 46.8 Å². The monoisotopic (exact) mass is 282 g/mol. The van der Waals surface area contributed by atoms with Gasteiger partial charge in [-0.3, -0.25) is 0 Å². The predicted molar refractivity (Wildman–Crippen MR) is 80.7 cm³/mol. The molecule has 0 spiro atoms. The third-order valence-corrected chi connectivity index (χ3v) is 4.17. The van der Waals surface area contributed by atoms with Gasteiger partial charge in [-0.25, -0.2) is 4.79 Å². The summed E-state index contributed by atoms with van der Waals surface area (Å²) in [4.78, 5) is 12.3. The third kappa shape index (κ3) is 2.46. The lowest BCUT2D eigenvalue weighted by Crippen LogP contribution is -2.41. The van der Waals surface area contributed by atoms with E-state index in [0.29, 0.717) is 5.69 Å². The zero-order valence-electron chi connectivity index (χ0n) is 12.1. The van der Waals surface area contributed by atoms with E-state index < -0.39 is 0 Å². The van der Waals surface area contributed by atoms with Gasteiger partial charge in [0.05, 0.1) is 23.6 Å². The molecular formula is C16H18N4O. The number of rotatable bonds is 3. The number of benzene rings is 1. The van der Waals surface area contributed by atoms with Crippen molar-refractivity contribution >= 4 is 11.7 Å². The van der Waals surface area contributed by atoms with Crippen LogP contribution in [0.2, 0.25) is 0 Å². The molecule has 1 heterocycles. The van der Waals surface area contributed by atoms with E-state index in [9.17, 15) is 4.79 Å². The van der Waals surface area contributed by atoms with Crippen LogP contribution in [0.15, 0.2) is 48.8 Å². The zero-order chi connectivity index (χ0) is 14.9. The summed E-state index contributed by atoms with van der Waals surface area (Å²) in [6.45, 7) is 4.32. The fraction of sp³-hybridized carbons (Fsp3) is 0.312. The van der Waals surface area contributed by atoms with Crippen LogP contribution in [0.3, 0.4) is 0 Å². The Morgan fingerprint density at radius 3 is 2.43 bits per heavy atom. The second kappa shape index (κ2) is 4.84. The number of nitrogens with zero attached hydrogens (tertiary/aromatic N) is 2. The van der Waals surface area contributed by atoms with Crippen LogP contribution in [0.1, 0.15) is 25.8 Å². The Labute approximate surface area is 123 Å². The summed E-state index contributed by atoms with van der Waals surface area (Å²) in [6.07, 6.45) is 3.99. The number of aromatic nitrogens is 2. The second-order valence-electron chi connectivity index (χ2n) is 6.04. The SMILES string of the molecule is CC1(C)CC1(NC(=O)Nc1ccnnc1)c1ccccc1. The summed E-state index contributed by atoms with van der Waals surface area (Å²) in [5.41, 5.74) is 1.50. The highest BCUT2D eigenvalue weighted by Gasteiger charge is 2.63. The van der Waals surface area contributed by atoms with Gasteiger partial charge >= 0.3 is 6.03 Å². The molecule has 0 bridgehead atoms. The number of anilines is 1. The molecule has 1 fully saturated rings. The molecule has 1 atom stereocenters. The van der Waals surface area contributed by atoms with Crippen LogP contribution in [0.5, 0.6) is 0 Å². The van der Waals surface area contributed by atoms with Crippen molar-refractivity contribution in [3.63, 3.8) is 0 Å². The molecule has 1 unspecified atom stereocenters. The Morgan fingerprint density at radius 1 is 1.14 bits per heavy atom. The number of nitrogens with one attached hydrogen (secondary N) is 2. The van der Waals surface area contributed by atoms with Crippen molar-refractivity contribution in [1.82, 2.24) is 15.5 Å². The lowest BCUT2D eigenvalue weighted by atomic mass is 9.96. The maximum absolute atomic E-state index is 12.3. The van der Waals surface area contributed by atoms with Crippen LogP contribution in [-0.2, 0) is 5.54 Å². The zero-order valence-corrected chi connectivity index (χ0v) is 12.1. The highest BCUT2D eigenvalue weighted by molar-refractivity contribution is 5.90. The summed E-state index contributed by atoms with van der Waals surface area (Å²) in [5.74, 6) is 0. The second-order valence-corrected chi connectivity index (χ2v) is 6.04. The van der Waals surface area contributed by atoms with Crippen molar-refractivity contribution in [2.75, 3.05) is 5.32 Å². The van der Waals surface area contributed by atoms with Crippen LogP contribution < -0.4 is 10.6 Å². The van der Waals surface area contributed by atoms with E-state index in [1.807, 2.05) is 18.2 Å². The molecule has 0 saturated heterocycles. The minimum atomic E-state index is -0.307. The van der Waals surface area contributed by atoms with Crippen LogP contribution in [-0.4, -0.2) is 16.2 Å². The fourth-order valence-corrected chi connectivity index (χ4v) is 2.84. The van der Waals surface area contributed by atoms with Gasteiger partial charge in [0.15, 0.2) is 0 Å². The molecular weight excluding hydrogens is 264 g/mol. The first-order valence-electron chi connectivity index (χ1n) is 6.95. The Balaban J connectivity index is 1.77. The predicted octanol–water partition coefficient (Wildman–Crippen LogP) is 2.92. The van der Waals surface area contributed by atoms with E-state index in [1.54, 1.807) is 12.3 Å². The Hall–Kier alpha value is -2.43. The molecule has 108 valence electrons. The standard InChI is InChI=1S/C16H18N4O/c1-15(2)11-16(15,12-6-4-3-5-7-12)20-14(21)19-13-8-9-17-18-10-13/h3-10H,11H2,1-2H3,(H2,17,19,20,21). The number of amides is 2. The largest absolute Gasteiger partial charge is 0.328 e. The minimum Gasteiger partial charge on any atom is -0.328 e. The van der Waals surface area contributed by atoms with Crippen molar-refractivity contribution in [3.8, 4) is 0 Å². The summed E-state index contributed by atoms with van der Waals surface area (Å²) in [5, 5.41) is 13.3. The van der Waals surface area contributed by atoms with Crippen LogP contribution in [0.4, 0.5) is 10.5 Å². The van der Waals surface area contributed by atoms with Gasteiger partial charge < -0.3 is 10.6 Å². The molecule has 5 heteroatoms. The Kier molecular flexibility index (Phi) is 3.12. The topological polar surface area (TPSA) is 66.9 Å². The van der Waals surface area contributed by atoms with E-state index >= 15 is 0 Å². The average molecular weight is 282 g/mol. The van der Waals surface area contributed by atoms with Gasteiger partial charge in [-0.15, -0.1) is 0 Å². The maximum atomic E-state index is 12.3. The van der Waals surface area contributed by atoms with Gasteiger partial charge in [0, 0.05) is 0 Å². The number of hydrogen-bond donors (Lipinski definition) is 2. The van der Waals surface area contributed by atoms with Crippen molar-refractivity contribution in [1.29, 1.82) is 0 Å². The molecule has 1 aliphatic carbocycles. The Bertz CT molecular complexity index is 642. The first-order chi connectivity index (χ1) is 10.0. The number of carbonyl (C=O) groups excluding carboxylic acids is 1. The van der Waals surface area contributed by atoms with Crippen LogP contribution in [0.25, 0.3) is 0 Å². The summed E-state index contributed by atoms with van der Waals surface area (Å²) in [7, 11) is 0. The Morgan fingerprint density at radius 2 is 1.86 bits per heavy atom. The van der Waals surface area contributed by atoms with Gasteiger partial charge in [0.2, 0.25) is 0 Å². The number of urea groups is 1. The highest BCUT2D eigenvalue weighted by atomic mass is 16.2. The van der Waals surface area contributed by atoms with E-state index in [-0.39, 0.29) is 17.0 Å². The summed E-state index contributed by atoms with van der Waals surface area (Å²) >= 11 is 0. The first kappa shape index (κ1) is 13.5. The minimum absolute atomic E-state index is 0.0438. The quantitative estimate of drug-likeness (QED) is 0.909. The molecule has 1 aromatic carbocycles. The maximum Gasteiger partial charge on any atom is 0.320 e. The first-order valence-corrected chi connectivity index (χ1v) is 6.95. The van der Waals surface area contributed by atoms with Crippen LogP contribution in [0, 0.1) is 5.41 Å². The van der Waals surface area contributed by atoms with Crippen molar-refractivity contribution in [2.45, 2.75) is 25.8 Å². The third-order valence-electron chi connectivity index (χ3n) is 4.17. The number of hydrogen-bond acceptors (Lipinski definition) is 3. The molecule has 0 radical (unpaired) electrons. The number of carbonyl (C=O) groups is 1. The molecule has 1 aromatic heterocycles. The average Bonchev–Trinajstić information content (AvgIpc) is 3.03. The van der Waals surface area contributed by atoms with E-state index in [0.717, 1.165) is 12.0 Å². The van der Waals surface area contributed by atoms with Gasteiger partial charge in [-0.2, -0.15) is 10.2 Å². The molecule has 0 aliphatic heterocycles. The molecule has 2 aromatic rings. The van der Waals surface area contributed by atoms with Gasteiger partial charge in [0.25, 0.3) is 0 Å². The molecule has 2 amide bonds. The summed E-state index contributed by atoms with van der Waals surface area (Å²) < 4.78 is 0. The molecule has 3 rings (SSSR count). The molecule has 5 nitrogen and oxygen atoms in total. The van der Waals surface area contributed by atoms with Crippen molar-refractivity contribution in [2.24, 2.45) is 5.41 Å². The highest BCUT2D eigenvalue weighted by Crippen LogP contribution is 2.62. The molecule has 21 heavy (non-hydrogen) atoms. The fourth-order valence-electron chi connectivity index (χ4n) is 2.84.